The molecule has 0 aliphatic rings. The zero-order valence-electron chi connectivity index (χ0n) is 12.1. The molecule has 0 bridgehead atoms. The number of hydrogen-bond donors (Lipinski definition) is 1. The zero-order valence-corrected chi connectivity index (χ0v) is 12.1. The SMILES string of the molecule is CCCCCC(CC=C(C)C)Nc1ccccc1. The van der Waals surface area contributed by atoms with Crippen molar-refractivity contribution in [3.8, 4) is 0 Å². The topological polar surface area (TPSA) is 12.0 Å². The zero-order chi connectivity index (χ0) is 13.2. The molecule has 1 rings (SSSR count). The van der Waals surface area contributed by atoms with Gasteiger partial charge in [-0.2, -0.15) is 0 Å². The lowest BCUT2D eigenvalue weighted by Gasteiger charge is -2.18. The Hall–Kier alpha value is -1.24. The van der Waals surface area contributed by atoms with Crippen molar-refractivity contribution in [2.24, 2.45) is 0 Å². The summed E-state index contributed by atoms with van der Waals surface area (Å²) >= 11 is 0. The molecule has 1 aromatic rings. The second-order valence-electron chi connectivity index (χ2n) is 5.22. The second-order valence-corrected chi connectivity index (χ2v) is 5.22. The van der Waals surface area contributed by atoms with E-state index in [1.54, 1.807) is 0 Å². The number of hydrogen-bond acceptors (Lipinski definition) is 1. The van der Waals surface area contributed by atoms with Gasteiger partial charge >= 0.3 is 0 Å². The third kappa shape index (κ3) is 6.48. The van der Waals surface area contributed by atoms with Crippen LogP contribution < -0.4 is 5.32 Å². The van der Waals surface area contributed by atoms with E-state index in [1.807, 2.05) is 0 Å². The summed E-state index contributed by atoms with van der Waals surface area (Å²) in [7, 11) is 0. The summed E-state index contributed by atoms with van der Waals surface area (Å²) in [5.41, 5.74) is 2.64. The van der Waals surface area contributed by atoms with Gasteiger partial charge in [-0.1, -0.05) is 56.0 Å². The minimum atomic E-state index is 0.564. The highest BCUT2D eigenvalue weighted by molar-refractivity contribution is 5.43. The van der Waals surface area contributed by atoms with Crippen LogP contribution in [-0.2, 0) is 0 Å². The number of anilines is 1. The van der Waals surface area contributed by atoms with Gasteiger partial charge in [0.25, 0.3) is 0 Å². The molecule has 1 unspecified atom stereocenters. The van der Waals surface area contributed by atoms with Gasteiger partial charge in [-0.05, 0) is 38.8 Å². The van der Waals surface area contributed by atoms with Crippen molar-refractivity contribution in [2.45, 2.75) is 58.9 Å². The molecule has 1 heteroatoms. The Morgan fingerprint density at radius 3 is 2.50 bits per heavy atom. The lowest BCUT2D eigenvalue weighted by atomic mass is 10.0. The van der Waals surface area contributed by atoms with Crippen LogP contribution >= 0.6 is 0 Å². The minimum Gasteiger partial charge on any atom is -0.382 e. The minimum absolute atomic E-state index is 0.564. The molecule has 0 fully saturated rings. The summed E-state index contributed by atoms with van der Waals surface area (Å²) in [6.07, 6.45) is 8.67. The maximum absolute atomic E-state index is 3.65. The Labute approximate surface area is 112 Å². The van der Waals surface area contributed by atoms with Crippen molar-refractivity contribution in [3.63, 3.8) is 0 Å². The normalized spacial score (nSPS) is 11.9. The smallest absolute Gasteiger partial charge is 0.0342 e. The van der Waals surface area contributed by atoms with Crippen molar-refractivity contribution in [1.82, 2.24) is 0 Å². The van der Waals surface area contributed by atoms with Crippen LogP contribution in [0.25, 0.3) is 0 Å². The van der Waals surface area contributed by atoms with Crippen molar-refractivity contribution < 1.29 is 0 Å². The molecule has 0 aromatic heterocycles. The third-order valence-electron chi connectivity index (χ3n) is 3.11. The summed E-state index contributed by atoms with van der Waals surface area (Å²) in [5.74, 6) is 0. The molecule has 0 aliphatic carbocycles. The van der Waals surface area contributed by atoms with Crippen molar-refractivity contribution in [1.29, 1.82) is 0 Å². The maximum atomic E-state index is 3.65. The third-order valence-corrected chi connectivity index (χ3v) is 3.11. The van der Waals surface area contributed by atoms with E-state index < -0.39 is 0 Å². The van der Waals surface area contributed by atoms with Gasteiger partial charge in [0.15, 0.2) is 0 Å². The van der Waals surface area contributed by atoms with Crippen LogP contribution in [0.1, 0.15) is 52.9 Å². The van der Waals surface area contributed by atoms with E-state index in [4.69, 9.17) is 0 Å². The first kappa shape index (κ1) is 14.8. The standard InChI is InChI=1S/C17H27N/c1-4-5-7-10-17(14-13-15(2)3)18-16-11-8-6-9-12-16/h6,8-9,11-13,17-18H,4-5,7,10,14H2,1-3H3. The summed E-state index contributed by atoms with van der Waals surface area (Å²) in [5, 5.41) is 3.65. The van der Waals surface area contributed by atoms with E-state index in [2.05, 4.69) is 62.5 Å². The lowest BCUT2D eigenvalue weighted by molar-refractivity contribution is 0.589. The second kappa shape index (κ2) is 8.79. The number of para-hydroxylation sites is 1. The number of unbranched alkanes of at least 4 members (excludes halogenated alkanes) is 2. The molecule has 1 atom stereocenters. The summed E-state index contributed by atoms with van der Waals surface area (Å²) < 4.78 is 0. The highest BCUT2D eigenvalue weighted by atomic mass is 14.9. The van der Waals surface area contributed by atoms with Crippen molar-refractivity contribution in [3.05, 3.63) is 42.0 Å². The Morgan fingerprint density at radius 2 is 1.89 bits per heavy atom. The molecule has 18 heavy (non-hydrogen) atoms. The summed E-state index contributed by atoms with van der Waals surface area (Å²) in [4.78, 5) is 0. The van der Waals surface area contributed by atoms with Gasteiger partial charge in [-0.15, -0.1) is 0 Å². The summed E-state index contributed by atoms with van der Waals surface area (Å²) in [6, 6.07) is 11.1. The van der Waals surface area contributed by atoms with Crippen LogP contribution in [-0.4, -0.2) is 6.04 Å². The quantitative estimate of drug-likeness (QED) is 0.477. The molecule has 100 valence electrons. The molecule has 0 aliphatic heterocycles. The number of nitrogens with one attached hydrogen (secondary N) is 1. The fourth-order valence-electron chi connectivity index (χ4n) is 2.04. The predicted octanol–water partition coefficient (Wildman–Crippen LogP) is 5.40. The molecular weight excluding hydrogens is 218 g/mol. The van der Waals surface area contributed by atoms with Crippen LogP contribution in [0.4, 0.5) is 5.69 Å². The Morgan fingerprint density at radius 1 is 1.17 bits per heavy atom. The van der Waals surface area contributed by atoms with Crippen LogP contribution in [0.5, 0.6) is 0 Å². The molecule has 0 saturated carbocycles. The summed E-state index contributed by atoms with van der Waals surface area (Å²) in [6.45, 7) is 6.60. The average Bonchev–Trinajstić information content (AvgIpc) is 2.37. The van der Waals surface area contributed by atoms with Crippen LogP contribution in [0.15, 0.2) is 42.0 Å². The maximum Gasteiger partial charge on any atom is 0.0342 e. The van der Waals surface area contributed by atoms with Gasteiger partial charge in [0, 0.05) is 11.7 Å². The van der Waals surface area contributed by atoms with E-state index >= 15 is 0 Å². The molecule has 0 saturated heterocycles. The largest absolute Gasteiger partial charge is 0.382 e. The monoisotopic (exact) mass is 245 g/mol. The first-order chi connectivity index (χ1) is 8.72. The molecule has 0 spiro atoms. The molecular formula is C17H27N. The van der Waals surface area contributed by atoms with E-state index in [1.165, 1.54) is 36.9 Å². The van der Waals surface area contributed by atoms with E-state index in [0.29, 0.717) is 6.04 Å². The highest BCUT2D eigenvalue weighted by Crippen LogP contribution is 2.15. The van der Waals surface area contributed by atoms with Crippen molar-refractivity contribution in [2.75, 3.05) is 5.32 Å². The molecule has 1 aromatic carbocycles. The number of allylic oxidation sites excluding steroid dienone is 1. The fraction of sp³-hybridized carbons (Fsp3) is 0.529. The van der Waals surface area contributed by atoms with E-state index in [9.17, 15) is 0 Å². The molecule has 1 N–H and O–H groups in total. The Balaban J connectivity index is 2.50. The molecule has 0 amide bonds. The van der Waals surface area contributed by atoms with Gasteiger partial charge in [-0.3, -0.25) is 0 Å². The van der Waals surface area contributed by atoms with Crippen LogP contribution in [0.3, 0.4) is 0 Å². The molecule has 0 heterocycles. The van der Waals surface area contributed by atoms with Gasteiger partial charge in [0.2, 0.25) is 0 Å². The first-order valence-electron chi connectivity index (χ1n) is 7.17. The van der Waals surface area contributed by atoms with Crippen LogP contribution in [0.2, 0.25) is 0 Å². The fourth-order valence-corrected chi connectivity index (χ4v) is 2.04. The van der Waals surface area contributed by atoms with Crippen LogP contribution in [0, 0.1) is 0 Å². The van der Waals surface area contributed by atoms with E-state index in [0.717, 1.165) is 6.42 Å². The number of benzene rings is 1. The number of rotatable bonds is 8. The van der Waals surface area contributed by atoms with Gasteiger partial charge in [0.05, 0.1) is 0 Å². The Bertz CT molecular complexity index is 336. The highest BCUT2D eigenvalue weighted by Gasteiger charge is 2.06. The van der Waals surface area contributed by atoms with Gasteiger partial charge in [-0.25, -0.2) is 0 Å². The molecule has 0 radical (unpaired) electrons. The van der Waals surface area contributed by atoms with Gasteiger partial charge < -0.3 is 5.32 Å². The van der Waals surface area contributed by atoms with Gasteiger partial charge in [0.1, 0.15) is 0 Å². The molecule has 1 nitrogen and oxygen atoms in total. The Kier molecular flexibility index (Phi) is 7.24. The predicted molar refractivity (Wildman–Crippen MR) is 82.0 cm³/mol. The lowest BCUT2D eigenvalue weighted by Crippen LogP contribution is -2.18. The first-order valence-corrected chi connectivity index (χ1v) is 7.17. The van der Waals surface area contributed by atoms with E-state index in [-0.39, 0.29) is 0 Å². The van der Waals surface area contributed by atoms with Crippen molar-refractivity contribution >= 4 is 5.69 Å². The average molecular weight is 245 g/mol.